The number of ether oxygens (including phenoxy) is 2. The van der Waals surface area contributed by atoms with Gasteiger partial charge in [-0.15, -0.1) is 0 Å². The van der Waals surface area contributed by atoms with Gasteiger partial charge in [0.25, 0.3) is 5.69 Å². The largest absolute Gasteiger partial charge is 0.455 e. The summed E-state index contributed by atoms with van der Waals surface area (Å²) in [5, 5.41) is 10.8. The van der Waals surface area contributed by atoms with Crippen LogP contribution in [0.2, 0.25) is 0 Å². The van der Waals surface area contributed by atoms with Crippen molar-refractivity contribution >= 4 is 11.7 Å². The Morgan fingerprint density at radius 3 is 2.69 bits per heavy atom. The lowest BCUT2D eigenvalue weighted by Crippen LogP contribution is -2.35. The minimum Gasteiger partial charge on any atom is -0.455 e. The Morgan fingerprint density at radius 2 is 1.92 bits per heavy atom. The maximum absolute atomic E-state index is 12.6. The predicted molar refractivity (Wildman–Crippen MR) is 91.8 cm³/mol. The van der Waals surface area contributed by atoms with Gasteiger partial charge in [-0.1, -0.05) is 24.3 Å². The lowest BCUT2D eigenvalue weighted by Gasteiger charge is -2.27. The number of epoxide rings is 1. The van der Waals surface area contributed by atoms with Gasteiger partial charge in [-0.05, 0) is 48.9 Å². The van der Waals surface area contributed by atoms with Crippen molar-refractivity contribution in [3.63, 3.8) is 0 Å². The summed E-state index contributed by atoms with van der Waals surface area (Å²) in [6.45, 7) is 0. The lowest BCUT2D eigenvalue weighted by atomic mass is 9.76. The Labute approximate surface area is 149 Å². The molecule has 2 aromatic rings. The highest BCUT2D eigenvalue weighted by Gasteiger charge is 2.80. The van der Waals surface area contributed by atoms with Gasteiger partial charge in [0, 0.05) is 12.1 Å². The minimum absolute atomic E-state index is 0.0493. The number of fused-ring (bicyclic) bond motifs is 1. The van der Waals surface area contributed by atoms with E-state index in [-0.39, 0.29) is 17.4 Å². The predicted octanol–water partition coefficient (Wildman–Crippen LogP) is 3.52. The Bertz CT molecular complexity index is 924. The summed E-state index contributed by atoms with van der Waals surface area (Å²) < 4.78 is 12.1. The molecule has 1 aliphatic heterocycles. The third-order valence-electron chi connectivity index (χ3n) is 6.03. The molecule has 0 spiro atoms. The van der Waals surface area contributed by atoms with E-state index in [9.17, 15) is 14.9 Å². The summed E-state index contributed by atoms with van der Waals surface area (Å²) >= 11 is 0. The van der Waals surface area contributed by atoms with Gasteiger partial charge in [0.05, 0.1) is 10.5 Å². The topological polar surface area (TPSA) is 82.0 Å². The van der Waals surface area contributed by atoms with Crippen molar-refractivity contribution in [1.29, 1.82) is 0 Å². The zero-order chi connectivity index (χ0) is 17.9. The van der Waals surface area contributed by atoms with Crippen LogP contribution in [0.3, 0.4) is 0 Å². The standard InChI is InChI=1S/C20H17NO5/c22-18(14-5-7-15(8-6-14)21(23)24)25-17-10-12-19-11-9-13-3-1-2-4-16(13)20(17,19)26-19/h1-8,17H,9-12H2/t17-,19+,20-/m1/s1. The van der Waals surface area contributed by atoms with Gasteiger partial charge >= 0.3 is 5.97 Å². The molecule has 6 heteroatoms. The number of esters is 1. The molecule has 2 fully saturated rings. The average molecular weight is 351 g/mol. The lowest BCUT2D eigenvalue weighted by molar-refractivity contribution is -0.384. The van der Waals surface area contributed by atoms with Crippen LogP contribution >= 0.6 is 0 Å². The molecular weight excluding hydrogens is 334 g/mol. The summed E-state index contributed by atoms with van der Waals surface area (Å²) in [6, 6.07) is 13.7. The molecule has 3 atom stereocenters. The molecule has 2 aromatic carbocycles. The molecule has 26 heavy (non-hydrogen) atoms. The molecule has 0 amide bonds. The van der Waals surface area contributed by atoms with E-state index in [0.717, 1.165) is 31.2 Å². The highest BCUT2D eigenvalue weighted by Crippen LogP contribution is 2.70. The van der Waals surface area contributed by atoms with Gasteiger partial charge in [0.15, 0.2) is 5.60 Å². The van der Waals surface area contributed by atoms with Crippen molar-refractivity contribution in [3.8, 4) is 0 Å². The van der Waals surface area contributed by atoms with Gasteiger partial charge in [0.2, 0.25) is 0 Å². The van der Waals surface area contributed by atoms with E-state index in [1.807, 2.05) is 12.1 Å². The first-order valence-corrected chi connectivity index (χ1v) is 8.80. The third kappa shape index (κ3) is 1.93. The summed E-state index contributed by atoms with van der Waals surface area (Å²) in [7, 11) is 0. The van der Waals surface area contributed by atoms with E-state index in [2.05, 4.69) is 12.1 Å². The van der Waals surface area contributed by atoms with Gasteiger partial charge < -0.3 is 9.47 Å². The van der Waals surface area contributed by atoms with Crippen LogP contribution in [-0.4, -0.2) is 22.6 Å². The number of aryl methyl sites for hydroxylation is 1. The number of hydrogen-bond acceptors (Lipinski definition) is 5. The van der Waals surface area contributed by atoms with Crippen molar-refractivity contribution in [2.24, 2.45) is 0 Å². The molecule has 2 aliphatic carbocycles. The summed E-state index contributed by atoms with van der Waals surface area (Å²) in [5.41, 5.74) is 1.96. The van der Waals surface area contributed by atoms with Gasteiger partial charge in [0.1, 0.15) is 11.7 Å². The molecule has 1 heterocycles. The summed E-state index contributed by atoms with van der Waals surface area (Å²) in [4.78, 5) is 22.8. The first-order valence-electron chi connectivity index (χ1n) is 8.80. The van der Waals surface area contributed by atoms with Gasteiger partial charge in [-0.3, -0.25) is 10.1 Å². The van der Waals surface area contributed by atoms with Crippen LogP contribution in [-0.2, 0) is 21.5 Å². The Balaban J connectivity index is 1.42. The monoisotopic (exact) mass is 351 g/mol. The number of hydrogen-bond donors (Lipinski definition) is 0. The molecule has 0 N–H and O–H groups in total. The van der Waals surface area contributed by atoms with Crippen LogP contribution in [0.5, 0.6) is 0 Å². The fraction of sp³-hybridized carbons (Fsp3) is 0.350. The van der Waals surface area contributed by atoms with Crippen LogP contribution in [0, 0.1) is 10.1 Å². The summed E-state index contributed by atoms with van der Waals surface area (Å²) in [5.74, 6) is -0.464. The number of rotatable bonds is 3. The van der Waals surface area contributed by atoms with Crippen LogP contribution in [0.25, 0.3) is 0 Å². The van der Waals surface area contributed by atoms with E-state index in [1.165, 1.54) is 29.8 Å². The zero-order valence-electron chi connectivity index (χ0n) is 14.0. The molecule has 6 nitrogen and oxygen atoms in total. The molecule has 1 saturated carbocycles. The Kier molecular flexibility index (Phi) is 3.07. The quantitative estimate of drug-likeness (QED) is 0.366. The molecule has 0 radical (unpaired) electrons. The molecule has 3 aliphatic rings. The number of benzene rings is 2. The maximum Gasteiger partial charge on any atom is 0.338 e. The highest BCUT2D eigenvalue weighted by molar-refractivity contribution is 5.90. The smallest absolute Gasteiger partial charge is 0.338 e. The summed E-state index contributed by atoms with van der Waals surface area (Å²) in [6.07, 6.45) is 3.27. The normalized spacial score (nSPS) is 30.7. The second-order valence-corrected chi connectivity index (χ2v) is 7.23. The van der Waals surface area contributed by atoms with Crippen molar-refractivity contribution in [1.82, 2.24) is 0 Å². The van der Waals surface area contributed by atoms with Crippen LogP contribution in [0.15, 0.2) is 48.5 Å². The number of nitrogens with zero attached hydrogens (tertiary/aromatic N) is 1. The fourth-order valence-electron chi connectivity index (χ4n) is 4.78. The Hall–Kier alpha value is -2.73. The zero-order valence-corrected chi connectivity index (χ0v) is 14.0. The number of nitro benzene ring substituents is 1. The SMILES string of the molecule is O=C(O[C@@H]1CC[C@@]23CCc4ccccc4[C@@]12O3)c1ccc([N+](=O)[O-])cc1. The second kappa shape index (κ2) is 5.14. The molecular formula is C20H17NO5. The van der Waals surface area contributed by atoms with Crippen molar-refractivity contribution in [2.75, 3.05) is 0 Å². The van der Waals surface area contributed by atoms with Crippen molar-refractivity contribution in [2.45, 2.75) is 43.0 Å². The maximum atomic E-state index is 12.6. The second-order valence-electron chi connectivity index (χ2n) is 7.23. The van der Waals surface area contributed by atoms with E-state index < -0.39 is 16.5 Å². The van der Waals surface area contributed by atoms with Gasteiger partial charge in [-0.25, -0.2) is 4.79 Å². The number of carbonyl (C=O) groups excluding carboxylic acids is 1. The van der Waals surface area contributed by atoms with Crippen molar-refractivity contribution in [3.05, 3.63) is 75.3 Å². The average Bonchev–Trinajstić information content (AvgIpc) is 3.27. The van der Waals surface area contributed by atoms with E-state index in [1.54, 1.807) is 0 Å². The molecule has 1 saturated heterocycles. The number of carbonyl (C=O) groups is 1. The molecule has 0 unspecified atom stereocenters. The number of nitro groups is 1. The third-order valence-corrected chi connectivity index (χ3v) is 6.03. The van der Waals surface area contributed by atoms with E-state index in [4.69, 9.17) is 9.47 Å². The van der Waals surface area contributed by atoms with Crippen LogP contribution < -0.4 is 0 Å². The first kappa shape index (κ1) is 15.5. The van der Waals surface area contributed by atoms with E-state index in [0.29, 0.717) is 5.56 Å². The molecule has 5 rings (SSSR count). The minimum atomic E-state index is -0.516. The number of non-ortho nitro benzene ring substituents is 1. The first-order chi connectivity index (χ1) is 12.6. The molecule has 132 valence electrons. The fourth-order valence-corrected chi connectivity index (χ4v) is 4.78. The van der Waals surface area contributed by atoms with Gasteiger partial charge in [-0.2, -0.15) is 0 Å². The Morgan fingerprint density at radius 1 is 1.15 bits per heavy atom. The molecule has 0 bridgehead atoms. The van der Waals surface area contributed by atoms with Crippen molar-refractivity contribution < 1.29 is 19.2 Å². The van der Waals surface area contributed by atoms with E-state index >= 15 is 0 Å². The molecule has 0 aromatic heterocycles. The van der Waals surface area contributed by atoms with Crippen LogP contribution in [0.1, 0.15) is 40.7 Å². The van der Waals surface area contributed by atoms with Crippen LogP contribution in [0.4, 0.5) is 5.69 Å². The highest BCUT2D eigenvalue weighted by atomic mass is 16.7.